The zero-order valence-electron chi connectivity index (χ0n) is 21.7. The molecule has 0 spiro atoms. The van der Waals surface area contributed by atoms with E-state index in [1.807, 2.05) is 0 Å². The molecule has 1 aromatic carbocycles. The van der Waals surface area contributed by atoms with Crippen molar-refractivity contribution >= 4 is 5.57 Å². The molecule has 2 heteroatoms. The van der Waals surface area contributed by atoms with E-state index >= 15 is 0 Å². The van der Waals surface area contributed by atoms with Crippen molar-refractivity contribution in [3.63, 3.8) is 0 Å². The van der Waals surface area contributed by atoms with E-state index in [0.29, 0.717) is 30.1 Å². The first-order valence-corrected chi connectivity index (χ1v) is 13.1. The molecule has 182 valence electrons. The van der Waals surface area contributed by atoms with Crippen LogP contribution in [-0.2, 0) is 0 Å². The van der Waals surface area contributed by atoms with Crippen LogP contribution in [0.25, 0.3) is 5.57 Å². The molecule has 2 saturated carbocycles. The highest BCUT2D eigenvalue weighted by Crippen LogP contribution is 2.37. The topological polar surface area (TPSA) is 0 Å². The average Bonchev–Trinajstić information content (AvgIpc) is 2.80. The van der Waals surface area contributed by atoms with Crippen LogP contribution in [0.2, 0.25) is 0 Å². The number of hydrogen-bond acceptors (Lipinski definition) is 0. The smallest absolute Gasteiger partial charge is 0.174 e. The molecular formula is C31H44F2. The van der Waals surface area contributed by atoms with Gasteiger partial charge in [-0.3, -0.25) is 0 Å². The van der Waals surface area contributed by atoms with E-state index in [4.69, 9.17) is 0 Å². The maximum absolute atomic E-state index is 12.3. The lowest BCUT2D eigenvalue weighted by Gasteiger charge is -2.28. The van der Waals surface area contributed by atoms with Gasteiger partial charge in [-0.05, 0) is 168 Å². The van der Waals surface area contributed by atoms with Gasteiger partial charge in [0.1, 0.15) is 0 Å². The molecule has 3 rings (SSSR count). The molecule has 0 aromatic heterocycles. The highest BCUT2D eigenvalue weighted by atomic mass is 19.3. The fraction of sp³-hybridized carbons (Fsp3) is 0.613. The van der Waals surface area contributed by atoms with E-state index in [2.05, 4.69) is 59.8 Å². The molecule has 1 aromatic rings. The van der Waals surface area contributed by atoms with E-state index in [1.165, 1.54) is 64.6 Å². The van der Waals surface area contributed by atoms with Crippen molar-refractivity contribution in [2.45, 2.75) is 99.3 Å². The molecule has 0 heterocycles. The lowest BCUT2D eigenvalue weighted by molar-refractivity contribution is 0.305. The summed E-state index contributed by atoms with van der Waals surface area (Å²) in [6.07, 6.45) is 17.3. The minimum Gasteiger partial charge on any atom is -0.174 e. The summed E-state index contributed by atoms with van der Waals surface area (Å²) in [7, 11) is 0. The Kier molecular flexibility index (Phi) is 9.13. The normalized spacial score (nSPS) is 26.6. The molecule has 2 fully saturated rings. The molecule has 0 radical (unpaired) electrons. The highest BCUT2D eigenvalue weighted by Gasteiger charge is 2.22. The predicted molar refractivity (Wildman–Crippen MR) is 139 cm³/mol. The van der Waals surface area contributed by atoms with Crippen LogP contribution in [0.3, 0.4) is 0 Å². The van der Waals surface area contributed by atoms with Gasteiger partial charge >= 0.3 is 0 Å². The Labute approximate surface area is 201 Å². The minimum absolute atomic E-state index is 0.454. The predicted octanol–water partition coefficient (Wildman–Crippen LogP) is 9.97. The van der Waals surface area contributed by atoms with E-state index < -0.39 is 6.08 Å². The molecule has 0 bridgehead atoms. The zero-order valence-corrected chi connectivity index (χ0v) is 21.7. The number of rotatable bonds is 6. The average molecular weight is 455 g/mol. The fourth-order valence-corrected chi connectivity index (χ4v) is 6.22. The molecule has 0 N–H and O–H groups in total. The van der Waals surface area contributed by atoms with Crippen molar-refractivity contribution in [1.82, 2.24) is 0 Å². The van der Waals surface area contributed by atoms with Crippen LogP contribution in [0.5, 0.6) is 0 Å². The van der Waals surface area contributed by atoms with Crippen molar-refractivity contribution < 1.29 is 8.78 Å². The molecule has 2 aliphatic rings. The number of allylic oxidation sites excluding steroid dienone is 5. The van der Waals surface area contributed by atoms with E-state index in [-0.39, 0.29) is 0 Å². The van der Waals surface area contributed by atoms with Crippen LogP contribution in [0.4, 0.5) is 8.78 Å². The number of benzene rings is 1. The summed E-state index contributed by atoms with van der Waals surface area (Å²) >= 11 is 0. The van der Waals surface area contributed by atoms with E-state index in [0.717, 1.165) is 31.8 Å². The lowest BCUT2D eigenvalue weighted by atomic mass is 9.77. The van der Waals surface area contributed by atoms with E-state index in [1.54, 1.807) is 0 Å². The minimum atomic E-state index is -1.52. The first kappa shape index (κ1) is 25.9. The Balaban J connectivity index is 1.52. The van der Waals surface area contributed by atoms with Gasteiger partial charge in [0.25, 0.3) is 6.08 Å². The van der Waals surface area contributed by atoms with Gasteiger partial charge in [-0.1, -0.05) is 18.2 Å². The highest BCUT2D eigenvalue weighted by molar-refractivity contribution is 5.72. The Morgan fingerprint density at radius 2 is 1.09 bits per heavy atom. The van der Waals surface area contributed by atoms with Crippen LogP contribution >= 0.6 is 0 Å². The Hall–Kier alpha value is -1.70. The van der Waals surface area contributed by atoms with Crippen molar-refractivity contribution in [3.8, 4) is 0 Å². The van der Waals surface area contributed by atoms with Gasteiger partial charge in [-0.25, -0.2) is 0 Å². The Morgan fingerprint density at radius 3 is 1.58 bits per heavy atom. The maximum Gasteiger partial charge on any atom is 0.266 e. The molecule has 0 unspecified atom stereocenters. The lowest BCUT2D eigenvalue weighted by Crippen LogP contribution is -2.14. The quantitative estimate of drug-likeness (QED) is 0.375. The molecule has 0 amide bonds. The van der Waals surface area contributed by atoms with Crippen molar-refractivity contribution in [3.05, 3.63) is 63.8 Å². The van der Waals surface area contributed by atoms with Crippen LogP contribution in [-0.4, -0.2) is 0 Å². The second kappa shape index (κ2) is 11.6. The Morgan fingerprint density at radius 1 is 0.667 bits per heavy atom. The SMILES string of the molecule is CC(=CC1CCC(C=CC2CCC(CC=C(F)F)CC2)CC1)c1c(C)c(C)c(C)c(C)c1C. The molecule has 0 aliphatic heterocycles. The third-order valence-corrected chi connectivity index (χ3v) is 8.85. The molecule has 2 aliphatic carbocycles. The standard InChI is InChI=1S/C31H44F2/c1-20(31-24(5)22(3)21(2)23(4)25(31)6)19-29-15-13-27(14-16-29)8-7-26-9-11-28(12-10-26)17-18-30(32)33/h7-8,18-19,26-29H,9-17H2,1-6H3. The Bertz CT molecular complexity index is 868. The van der Waals surface area contributed by atoms with Crippen LogP contribution in [0.15, 0.2) is 30.4 Å². The van der Waals surface area contributed by atoms with Gasteiger partial charge < -0.3 is 0 Å². The summed E-state index contributed by atoms with van der Waals surface area (Å²) in [6, 6.07) is 0. The third-order valence-electron chi connectivity index (χ3n) is 8.85. The molecule has 33 heavy (non-hydrogen) atoms. The van der Waals surface area contributed by atoms with Crippen LogP contribution in [0, 0.1) is 58.3 Å². The third kappa shape index (κ3) is 6.67. The summed E-state index contributed by atoms with van der Waals surface area (Å²) in [5.74, 6) is 2.51. The van der Waals surface area contributed by atoms with Gasteiger partial charge in [0.15, 0.2) is 0 Å². The molecule has 0 atom stereocenters. The maximum atomic E-state index is 12.3. The van der Waals surface area contributed by atoms with Crippen molar-refractivity contribution in [2.24, 2.45) is 23.7 Å². The van der Waals surface area contributed by atoms with Crippen molar-refractivity contribution in [2.75, 3.05) is 0 Å². The number of hydrogen-bond donors (Lipinski definition) is 0. The van der Waals surface area contributed by atoms with Gasteiger partial charge in [-0.2, -0.15) is 8.78 Å². The van der Waals surface area contributed by atoms with E-state index in [9.17, 15) is 8.78 Å². The van der Waals surface area contributed by atoms with Crippen LogP contribution in [0.1, 0.15) is 98.1 Å². The largest absolute Gasteiger partial charge is 0.266 e. The summed E-state index contributed by atoms with van der Waals surface area (Å²) in [6.45, 7) is 13.7. The van der Waals surface area contributed by atoms with Gasteiger partial charge in [-0.15, -0.1) is 0 Å². The monoisotopic (exact) mass is 454 g/mol. The first-order chi connectivity index (χ1) is 15.7. The summed E-state index contributed by atoms with van der Waals surface area (Å²) in [5.41, 5.74) is 10.1. The fourth-order valence-electron chi connectivity index (χ4n) is 6.22. The summed E-state index contributed by atoms with van der Waals surface area (Å²) < 4.78 is 24.6. The summed E-state index contributed by atoms with van der Waals surface area (Å²) in [4.78, 5) is 0. The summed E-state index contributed by atoms with van der Waals surface area (Å²) in [5, 5.41) is 0. The van der Waals surface area contributed by atoms with Gasteiger partial charge in [0, 0.05) is 0 Å². The molecule has 0 nitrogen and oxygen atoms in total. The molecule has 0 saturated heterocycles. The van der Waals surface area contributed by atoms with Gasteiger partial charge in [0.2, 0.25) is 0 Å². The second-order valence-corrected chi connectivity index (χ2v) is 10.9. The number of halogens is 2. The van der Waals surface area contributed by atoms with Gasteiger partial charge in [0.05, 0.1) is 0 Å². The first-order valence-electron chi connectivity index (χ1n) is 13.1. The van der Waals surface area contributed by atoms with Crippen molar-refractivity contribution in [1.29, 1.82) is 0 Å². The van der Waals surface area contributed by atoms with Crippen LogP contribution < -0.4 is 0 Å². The second-order valence-electron chi connectivity index (χ2n) is 10.9. The molecular weight excluding hydrogens is 410 g/mol. The zero-order chi connectivity index (χ0) is 24.1.